The lowest BCUT2D eigenvalue weighted by Crippen LogP contribution is -2.05. The first kappa shape index (κ1) is 17.0. The molecule has 2 aromatic heterocycles. The largest absolute Gasteiger partial charge is 0.389 e. The number of aliphatic hydroxyl groups excluding tert-OH is 1. The number of nitrogens with zero attached hydrogens (tertiary/aromatic N) is 4. The number of hydrogen-bond acceptors (Lipinski definition) is 4. The molecule has 3 aromatic rings. The zero-order valence-corrected chi connectivity index (χ0v) is 14.3. The highest BCUT2D eigenvalue weighted by atomic mass is 19.1. The number of aliphatic hydroxyl groups is 1. The normalized spacial score (nSPS) is 12.4. The van der Waals surface area contributed by atoms with E-state index in [1.807, 2.05) is 17.7 Å². The van der Waals surface area contributed by atoms with Crippen LogP contribution in [0.3, 0.4) is 0 Å². The quantitative estimate of drug-likeness (QED) is 0.724. The van der Waals surface area contributed by atoms with Gasteiger partial charge in [0.1, 0.15) is 11.5 Å². The maximum Gasteiger partial charge on any atom is 0.217 e. The van der Waals surface area contributed by atoms with Gasteiger partial charge < -0.3 is 9.67 Å². The summed E-state index contributed by atoms with van der Waals surface area (Å²) in [5, 5.41) is 18.4. The summed E-state index contributed by atoms with van der Waals surface area (Å²) in [5.41, 5.74) is 1.85. The molecule has 0 aliphatic rings. The van der Waals surface area contributed by atoms with E-state index in [4.69, 9.17) is 0 Å². The van der Waals surface area contributed by atoms with Gasteiger partial charge in [-0.05, 0) is 43.7 Å². The molecule has 130 valence electrons. The SMILES string of the molecule is CCn1ccc(C(=O)c2nn(C)nc2-c2ccc(F)cc2[C@@H](C)O)c1. The van der Waals surface area contributed by atoms with E-state index in [-0.39, 0.29) is 11.5 Å². The van der Waals surface area contributed by atoms with Crippen molar-refractivity contribution < 1.29 is 14.3 Å². The average Bonchev–Trinajstić information content (AvgIpc) is 3.20. The van der Waals surface area contributed by atoms with E-state index in [0.717, 1.165) is 6.54 Å². The molecule has 0 aliphatic heterocycles. The first-order chi connectivity index (χ1) is 11.9. The van der Waals surface area contributed by atoms with Crippen molar-refractivity contribution in [1.82, 2.24) is 19.6 Å². The van der Waals surface area contributed by atoms with Crippen molar-refractivity contribution in [1.29, 1.82) is 0 Å². The van der Waals surface area contributed by atoms with Crippen LogP contribution < -0.4 is 0 Å². The first-order valence-corrected chi connectivity index (χ1v) is 8.00. The fourth-order valence-corrected chi connectivity index (χ4v) is 2.74. The summed E-state index contributed by atoms with van der Waals surface area (Å²) in [4.78, 5) is 14.2. The fraction of sp³-hybridized carbons (Fsp3) is 0.278. The molecule has 0 fully saturated rings. The number of hydrogen-bond donors (Lipinski definition) is 1. The van der Waals surface area contributed by atoms with E-state index in [9.17, 15) is 14.3 Å². The van der Waals surface area contributed by atoms with Gasteiger partial charge in [-0.2, -0.15) is 9.90 Å². The van der Waals surface area contributed by atoms with Crippen LogP contribution in [0.25, 0.3) is 11.3 Å². The highest BCUT2D eigenvalue weighted by Gasteiger charge is 2.24. The Hall–Kier alpha value is -2.80. The number of ketones is 1. The number of carbonyl (C=O) groups is 1. The van der Waals surface area contributed by atoms with Crippen LogP contribution in [-0.4, -0.2) is 30.5 Å². The molecule has 1 aromatic carbocycles. The molecule has 0 unspecified atom stereocenters. The monoisotopic (exact) mass is 342 g/mol. The van der Waals surface area contributed by atoms with Crippen molar-refractivity contribution in [3.63, 3.8) is 0 Å². The van der Waals surface area contributed by atoms with E-state index < -0.39 is 11.9 Å². The summed E-state index contributed by atoms with van der Waals surface area (Å²) in [6, 6.07) is 5.76. The Bertz CT molecular complexity index is 927. The molecule has 3 rings (SSSR count). The zero-order valence-electron chi connectivity index (χ0n) is 14.3. The van der Waals surface area contributed by atoms with Crippen molar-refractivity contribution in [2.24, 2.45) is 7.05 Å². The number of benzene rings is 1. The van der Waals surface area contributed by atoms with Gasteiger partial charge in [0.15, 0.2) is 5.69 Å². The number of carbonyl (C=O) groups excluding carboxylic acids is 1. The maximum atomic E-state index is 13.6. The minimum Gasteiger partial charge on any atom is -0.389 e. The summed E-state index contributed by atoms with van der Waals surface area (Å²) in [5.74, 6) is -0.729. The molecule has 0 saturated heterocycles. The second-order valence-electron chi connectivity index (χ2n) is 5.85. The Morgan fingerprint density at radius 1 is 1.32 bits per heavy atom. The Labute approximate surface area is 144 Å². The van der Waals surface area contributed by atoms with Crippen LogP contribution in [0, 0.1) is 5.82 Å². The van der Waals surface area contributed by atoms with Crippen LogP contribution in [0.1, 0.15) is 41.6 Å². The molecule has 1 N–H and O–H groups in total. The summed E-state index contributed by atoms with van der Waals surface area (Å²) >= 11 is 0. The third-order valence-electron chi connectivity index (χ3n) is 4.03. The van der Waals surface area contributed by atoms with Gasteiger partial charge in [0.25, 0.3) is 0 Å². The minimum atomic E-state index is -0.906. The highest BCUT2D eigenvalue weighted by molar-refractivity contribution is 6.11. The Kier molecular flexibility index (Phi) is 4.50. The summed E-state index contributed by atoms with van der Waals surface area (Å²) in [6.45, 7) is 4.28. The molecule has 0 radical (unpaired) electrons. The Morgan fingerprint density at radius 3 is 2.72 bits per heavy atom. The lowest BCUT2D eigenvalue weighted by Gasteiger charge is -2.11. The minimum absolute atomic E-state index is 0.171. The lowest BCUT2D eigenvalue weighted by atomic mass is 9.97. The molecule has 2 heterocycles. The van der Waals surface area contributed by atoms with E-state index in [1.54, 1.807) is 19.3 Å². The van der Waals surface area contributed by atoms with Gasteiger partial charge >= 0.3 is 0 Å². The predicted molar refractivity (Wildman–Crippen MR) is 90.6 cm³/mol. The Morgan fingerprint density at radius 2 is 2.08 bits per heavy atom. The molecule has 7 heteroatoms. The molecular formula is C18H19FN4O2. The number of aromatic nitrogens is 4. The number of halogens is 1. The third-order valence-corrected chi connectivity index (χ3v) is 4.03. The number of rotatable bonds is 5. The highest BCUT2D eigenvalue weighted by Crippen LogP contribution is 2.30. The zero-order chi connectivity index (χ0) is 18.1. The van der Waals surface area contributed by atoms with E-state index >= 15 is 0 Å². The van der Waals surface area contributed by atoms with Gasteiger partial charge in [-0.25, -0.2) is 4.39 Å². The Balaban J connectivity index is 2.12. The fourth-order valence-electron chi connectivity index (χ4n) is 2.74. The van der Waals surface area contributed by atoms with Crippen molar-refractivity contribution >= 4 is 5.78 Å². The van der Waals surface area contributed by atoms with Crippen LogP contribution in [0.15, 0.2) is 36.7 Å². The summed E-state index contributed by atoms with van der Waals surface area (Å²) < 4.78 is 15.5. The van der Waals surface area contributed by atoms with Gasteiger partial charge in [-0.1, -0.05) is 0 Å². The second-order valence-corrected chi connectivity index (χ2v) is 5.85. The predicted octanol–water partition coefficient (Wildman–Crippen LogP) is 2.73. The second kappa shape index (κ2) is 6.60. The van der Waals surface area contributed by atoms with Crippen LogP contribution in [-0.2, 0) is 13.6 Å². The van der Waals surface area contributed by atoms with E-state index in [2.05, 4.69) is 10.2 Å². The molecule has 0 aliphatic carbocycles. The van der Waals surface area contributed by atoms with Crippen LogP contribution >= 0.6 is 0 Å². The first-order valence-electron chi connectivity index (χ1n) is 8.00. The molecule has 0 spiro atoms. The van der Waals surface area contributed by atoms with E-state index in [1.165, 1.54) is 29.9 Å². The van der Waals surface area contributed by atoms with Gasteiger partial charge in [0.05, 0.1) is 6.10 Å². The summed E-state index contributed by atoms with van der Waals surface area (Å²) in [6.07, 6.45) is 2.67. The van der Waals surface area contributed by atoms with Gasteiger partial charge in [-0.3, -0.25) is 4.79 Å². The van der Waals surface area contributed by atoms with Gasteiger partial charge in [-0.15, -0.1) is 5.10 Å². The number of aryl methyl sites for hydroxylation is 2. The van der Waals surface area contributed by atoms with Crippen LogP contribution in [0.2, 0.25) is 0 Å². The smallest absolute Gasteiger partial charge is 0.217 e. The van der Waals surface area contributed by atoms with E-state index in [0.29, 0.717) is 22.4 Å². The topological polar surface area (TPSA) is 72.9 Å². The van der Waals surface area contributed by atoms with Crippen LogP contribution in [0.4, 0.5) is 4.39 Å². The molecule has 0 saturated carbocycles. The third kappa shape index (κ3) is 3.23. The maximum absolute atomic E-state index is 13.6. The van der Waals surface area contributed by atoms with Gasteiger partial charge in [0, 0.05) is 37.1 Å². The molecule has 1 atom stereocenters. The van der Waals surface area contributed by atoms with Crippen molar-refractivity contribution in [2.75, 3.05) is 0 Å². The lowest BCUT2D eigenvalue weighted by molar-refractivity contribution is 0.103. The molecular weight excluding hydrogens is 323 g/mol. The summed E-state index contributed by atoms with van der Waals surface area (Å²) in [7, 11) is 1.61. The molecule has 6 nitrogen and oxygen atoms in total. The van der Waals surface area contributed by atoms with Crippen molar-refractivity contribution in [2.45, 2.75) is 26.5 Å². The average molecular weight is 342 g/mol. The van der Waals surface area contributed by atoms with Gasteiger partial charge in [0.2, 0.25) is 5.78 Å². The van der Waals surface area contributed by atoms with Crippen molar-refractivity contribution in [3.05, 3.63) is 59.3 Å². The molecule has 0 amide bonds. The van der Waals surface area contributed by atoms with Crippen LogP contribution in [0.5, 0.6) is 0 Å². The standard InChI is InChI=1S/C18H19FN4O2/c1-4-23-8-7-12(10-23)18(25)17-16(20-22(3)21-17)14-6-5-13(19)9-15(14)11(2)24/h5-11,24H,4H2,1-3H3/t11-/m1/s1. The van der Waals surface area contributed by atoms with Crippen molar-refractivity contribution in [3.8, 4) is 11.3 Å². The molecule has 0 bridgehead atoms. The molecule has 25 heavy (non-hydrogen) atoms.